The highest BCUT2D eigenvalue weighted by Gasteiger charge is 2.26. The molecule has 2 aliphatic rings. The molecule has 0 unspecified atom stereocenters. The Kier molecular flexibility index (Phi) is 7.71. The molecule has 6 nitrogen and oxygen atoms in total. The van der Waals surface area contributed by atoms with Gasteiger partial charge in [0.15, 0.2) is 0 Å². The van der Waals surface area contributed by atoms with E-state index in [4.69, 9.17) is 0 Å². The molecule has 3 aromatic rings. The minimum atomic E-state index is 0.307. The van der Waals surface area contributed by atoms with Gasteiger partial charge in [-0.1, -0.05) is 37.5 Å². The van der Waals surface area contributed by atoms with Crippen LogP contribution in [0.5, 0.6) is 0 Å². The summed E-state index contributed by atoms with van der Waals surface area (Å²) < 4.78 is 4.11. The number of carbonyl (C=O) groups excluding carboxylic acids is 1. The second-order valence-electron chi connectivity index (χ2n) is 9.34. The van der Waals surface area contributed by atoms with Gasteiger partial charge in [-0.05, 0) is 37.1 Å². The standard InChI is InChI=1S/C27H35N5OS/c33-26(30-18-16-29(17-19-30)24-9-3-1-4-10-24)13-20-34-22-23-21-28-32(25-11-5-2-6-12-25)27(23)31-14-7-8-15-31/h2,5-8,11-12,14-15,21,24H,1,3-4,9-10,13,16-20,22H2. The molecule has 1 aliphatic carbocycles. The third-order valence-electron chi connectivity index (χ3n) is 7.14. The smallest absolute Gasteiger partial charge is 0.223 e. The lowest BCUT2D eigenvalue weighted by molar-refractivity contribution is -0.132. The molecule has 1 amide bonds. The van der Waals surface area contributed by atoms with Gasteiger partial charge in [-0.2, -0.15) is 16.9 Å². The lowest BCUT2D eigenvalue weighted by atomic mass is 9.94. The SMILES string of the molecule is O=C(CCSCc1cnn(-c2ccccc2)c1-n1cccc1)N1CCN(C2CCCCC2)CC1. The van der Waals surface area contributed by atoms with Crippen LogP contribution in [0.25, 0.3) is 11.5 Å². The monoisotopic (exact) mass is 477 g/mol. The molecule has 1 aromatic carbocycles. The zero-order valence-electron chi connectivity index (χ0n) is 19.9. The van der Waals surface area contributed by atoms with Crippen molar-refractivity contribution in [1.29, 1.82) is 0 Å². The number of amides is 1. The van der Waals surface area contributed by atoms with Crippen LogP contribution in [0, 0.1) is 0 Å². The quantitative estimate of drug-likeness (QED) is 0.439. The highest BCUT2D eigenvalue weighted by Crippen LogP contribution is 2.25. The van der Waals surface area contributed by atoms with Crippen molar-refractivity contribution >= 4 is 17.7 Å². The first-order valence-electron chi connectivity index (χ1n) is 12.6. The highest BCUT2D eigenvalue weighted by atomic mass is 32.2. The Morgan fingerprint density at radius 3 is 2.41 bits per heavy atom. The number of para-hydroxylation sites is 1. The Bertz CT molecular complexity index is 1030. The van der Waals surface area contributed by atoms with Crippen molar-refractivity contribution in [3.8, 4) is 11.5 Å². The third-order valence-corrected chi connectivity index (χ3v) is 8.15. The molecule has 0 radical (unpaired) electrons. The van der Waals surface area contributed by atoms with E-state index in [1.165, 1.54) is 37.7 Å². The van der Waals surface area contributed by atoms with E-state index in [0.717, 1.165) is 55.2 Å². The maximum atomic E-state index is 12.8. The van der Waals surface area contributed by atoms with Crippen molar-refractivity contribution in [3.05, 3.63) is 66.6 Å². The summed E-state index contributed by atoms with van der Waals surface area (Å²) in [6, 6.07) is 15.1. The molecular weight excluding hydrogens is 442 g/mol. The predicted octanol–water partition coefficient (Wildman–Crippen LogP) is 4.76. The molecule has 1 saturated carbocycles. The minimum Gasteiger partial charge on any atom is -0.340 e. The maximum absolute atomic E-state index is 12.8. The number of nitrogens with zero attached hydrogens (tertiary/aromatic N) is 5. The van der Waals surface area contributed by atoms with Gasteiger partial charge in [-0.15, -0.1) is 0 Å². The van der Waals surface area contributed by atoms with Crippen LogP contribution in [0.15, 0.2) is 61.1 Å². The van der Waals surface area contributed by atoms with Crippen LogP contribution in [0.1, 0.15) is 44.1 Å². The number of hydrogen-bond donors (Lipinski definition) is 0. The van der Waals surface area contributed by atoms with Gasteiger partial charge in [0.1, 0.15) is 5.82 Å². The molecule has 2 fully saturated rings. The van der Waals surface area contributed by atoms with Gasteiger partial charge in [-0.25, -0.2) is 4.68 Å². The van der Waals surface area contributed by atoms with E-state index in [-0.39, 0.29) is 0 Å². The Balaban J connectivity index is 1.12. The molecule has 2 aromatic heterocycles. The second kappa shape index (κ2) is 11.3. The number of rotatable bonds is 8. The van der Waals surface area contributed by atoms with E-state index >= 15 is 0 Å². The summed E-state index contributed by atoms with van der Waals surface area (Å²) in [5.74, 6) is 3.04. The molecule has 7 heteroatoms. The van der Waals surface area contributed by atoms with E-state index < -0.39 is 0 Å². The number of aromatic nitrogens is 3. The molecule has 3 heterocycles. The summed E-state index contributed by atoms with van der Waals surface area (Å²) in [6.45, 7) is 3.87. The van der Waals surface area contributed by atoms with E-state index in [1.807, 2.05) is 53.0 Å². The molecule has 180 valence electrons. The minimum absolute atomic E-state index is 0.307. The van der Waals surface area contributed by atoms with E-state index in [9.17, 15) is 4.79 Å². The molecule has 0 spiro atoms. The average molecular weight is 478 g/mol. The fourth-order valence-electron chi connectivity index (χ4n) is 5.27. The molecule has 5 rings (SSSR count). The van der Waals surface area contributed by atoms with E-state index in [2.05, 4.69) is 44.0 Å². The first kappa shape index (κ1) is 23.2. The number of carbonyl (C=O) groups is 1. The van der Waals surface area contributed by atoms with E-state index in [0.29, 0.717) is 12.3 Å². The largest absolute Gasteiger partial charge is 0.340 e. The van der Waals surface area contributed by atoms with Crippen LogP contribution in [0.3, 0.4) is 0 Å². The van der Waals surface area contributed by atoms with Crippen LogP contribution in [0.2, 0.25) is 0 Å². The van der Waals surface area contributed by atoms with Gasteiger partial charge in [0.2, 0.25) is 5.91 Å². The topological polar surface area (TPSA) is 46.3 Å². The fourth-order valence-corrected chi connectivity index (χ4v) is 6.16. The summed E-state index contributed by atoms with van der Waals surface area (Å²) in [5.41, 5.74) is 2.23. The second-order valence-corrected chi connectivity index (χ2v) is 10.4. The van der Waals surface area contributed by atoms with Crippen molar-refractivity contribution < 1.29 is 4.79 Å². The van der Waals surface area contributed by atoms with Crippen molar-refractivity contribution in [2.24, 2.45) is 0 Å². The van der Waals surface area contributed by atoms with Crippen LogP contribution in [-0.2, 0) is 10.5 Å². The van der Waals surface area contributed by atoms with Gasteiger partial charge in [0.05, 0.1) is 11.9 Å². The highest BCUT2D eigenvalue weighted by molar-refractivity contribution is 7.98. The van der Waals surface area contributed by atoms with Crippen LogP contribution in [-0.4, -0.2) is 68.0 Å². The van der Waals surface area contributed by atoms with Crippen molar-refractivity contribution in [1.82, 2.24) is 24.1 Å². The average Bonchev–Trinajstić information content (AvgIpc) is 3.58. The molecule has 0 bridgehead atoms. The molecule has 0 N–H and O–H groups in total. The molecule has 34 heavy (non-hydrogen) atoms. The first-order chi connectivity index (χ1) is 16.8. The summed E-state index contributed by atoms with van der Waals surface area (Å²) in [4.78, 5) is 17.5. The zero-order chi connectivity index (χ0) is 23.2. The van der Waals surface area contributed by atoms with Crippen molar-refractivity contribution in [2.45, 2.75) is 50.3 Å². The van der Waals surface area contributed by atoms with Crippen molar-refractivity contribution in [2.75, 3.05) is 31.9 Å². The molecule has 1 saturated heterocycles. The van der Waals surface area contributed by atoms with Crippen molar-refractivity contribution in [3.63, 3.8) is 0 Å². The van der Waals surface area contributed by atoms with E-state index in [1.54, 1.807) is 0 Å². The lowest BCUT2D eigenvalue weighted by Gasteiger charge is -2.40. The van der Waals surface area contributed by atoms with Crippen LogP contribution >= 0.6 is 11.8 Å². The van der Waals surface area contributed by atoms with Gasteiger partial charge in [0.25, 0.3) is 0 Å². The normalized spacial score (nSPS) is 17.8. The third kappa shape index (κ3) is 5.41. The predicted molar refractivity (Wildman–Crippen MR) is 139 cm³/mol. The van der Waals surface area contributed by atoms with Crippen LogP contribution < -0.4 is 0 Å². The molecule has 0 atom stereocenters. The number of thioether (sulfide) groups is 1. The summed E-state index contributed by atoms with van der Waals surface area (Å²) in [5, 5.41) is 4.68. The van der Waals surface area contributed by atoms with Gasteiger partial charge in [0, 0.05) is 68.1 Å². The first-order valence-corrected chi connectivity index (χ1v) is 13.8. The Labute approximate surface area is 206 Å². The summed E-state index contributed by atoms with van der Waals surface area (Å²) >= 11 is 1.82. The van der Waals surface area contributed by atoms with Gasteiger partial charge in [-0.3, -0.25) is 9.69 Å². The summed E-state index contributed by atoms with van der Waals surface area (Å²) in [6.07, 6.45) is 13.5. The number of benzene rings is 1. The Hall–Kier alpha value is -2.51. The Morgan fingerprint density at radius 1 is 0.941 bits per heavy atom. The zero-order valence-corrected chi connectivity index (χ0v) is 20.7. The number of piperazine rings is 1. The number of hydrogen-bond acceptors (Lipinski definition) is 4. The molecular formula is C27H35N5OS. The van der Waals surface area contributed by atoms with Crippen LogP contribution in [0.4, 0.5) is 0 Å². The maximum Gasteiger partial charge on any atom is 0.223 e. The molecule has 1 aliphatic heterocycles. The fraction of sp³-hybridized carbons (Fsp3) is 0.481. The van der Waals surface area contributed by atoms with Gasteiger partial charge >= 0.3 is 0 Å². The summed E-state index contributed by atoms with van der Waals surface area (Å²) in [7, 11) is 0. The van der Waals surface area contributed by atoms with Gasteiger partial charge < -0.3 is 9.47 Å². The lowest BCUT2D eigenvalue weighted by Crippen LogP contribution is -2.52. The Morgan fingerprint density at radius 2 is 1.68 bits per heavy atom.